The van der Waals surface area contributed by atoms with Gasteiger partial charge in [0.05, 0.1) is 12.8 Å². The van der Waals surface area contributed by atoms with Crippen molar-refractivity contribution in [2.75, 3.05) is 24.4 Å². The topological polar surface area (TPSA) is 103 Å². The second-order valence-corrected chi connectivity index (χ2v) is 6.33. The number of aryl methyl sites for hydroxylation is 1. The van der Waals surface area contributed by atoms with Crippen LogP contribution in [0, 0.1) is 6.92 Å². The van der Waals surface area contributed by atoms with E-state index in [1.165, 1.54) is 14.0 Å². The Hall–Kier alpha value is -3.55. The predicted molar refractivity (Wildman–Crippen MR) is 108 cm³/mol. The lowest BCUT2D eigenvalue weighted by Crippen LogP contribution is -2.29. The second kappa shape index (κ2) is 10.1. The number of hydrogen-bond acceptors (Lipinski definition) is 6. The third kappa shape index (κ3) is 6.84. The maximum Gasteiger partial charge on any atom is 0.347 e. The van der Waals surface area contributed by atoms with E-state index in [4.69, 9.17) is 14.2 Å². The molecule has 154 valence electrons. The Kier molecular flexibility index (Phi) is 7.59. The fourth-order valence-corrected chi connectivity index (χ4v) is 2.47. The quantitative estimate of drug-likeness (QED) is 0.661. The molecule has 0 fully saturated rings. The molecule has 2 amide bonds. The summed E-state index contributed by atoms with van der Waals surface area (Å²) >= 11 is 0. The number of ether oxygens (including phenoxy) is 3. The lowest BCUT2D eigenvalue weighted by atomic mass is 10.2. The molecule has 0 radical (unpaired) electrons. The molecule has 29 heavy (non-hydrogen) atoms. The smallest absolute Gasteiger partial charge is 0.347 e. The number of rotatable bonds is 8. The highest BCUT2D eigenvalue weighted by atomic mass is 16.6. The maximum atomic E-state index is 12.2. The number of carbonyl (C=O) groups is 3. The zero-order valence-corrected chi connectivity index (χ0v) is 16.8. The molecule has 1 atom stereocenters. The van der Waals surface area contributed by atoms with Crippen LogP contribution in [0.5, 0.6) is 11.5 Å². The van der Waals surface area contributed by atoms with E-state index in [0.717, 1.165) is 5.56 Å². The van der Waals surface area contributed by atoms with Crippen molar-refractivity contribution in [2.24, 2.45) is 0 Å². The molecule has 0 saturated heterocycles. The van der Waals surface area contributed by atoms with Crippen LogP contribution >= 0.6 is 0 Å². The van der Waals surface area contributed by atoms with Crippen LogP contribution in [0.2, 0.25) is 0 Å². The number of carbonyl (C=O) groups excluding carboxylic acids is 3. The van der Waals surface area contributed by atoms with Gasteiger partial charge in [0.15, 0.2) is 12.7 Å². The fourth-order valence-electron chi connectivity index (χ4n) is 2.47. The zero-order valence-electron chi connectivity index (χ0n) is 16.8. The van der Waals surface area contributed by atoms with Crippen molar-refractivity contribution in [1.82, 2.24) is 0 Å². The van der Waals surface area contributed by atoms with Crippen LogP contribution < -0.4 is 20.1 Å². The lowest BCUT2D eigenvalue weighted by molar-refractivity contribution is -0.153. The minimum atomic E-state index is -0.873. The first-order valence-corrected chi connectivity index (χ1v) is 8.94. The van der Waals surface area contributed by atoms with Crippen molar-refractivity contribution in [3.8, 4) is 11.5 Å². The first kappa shape index (κ1) is 21.7. The molecule has 2 aromatic carbocycles. The van der Waals surface area contributed by atoms with E-state index in [2.05, 4.69) is 10.6 Å². The van der Waals surface area contributed by atoms with Gasteiger partial charge in [0, 0.05) is 12.6 Å². The van der Waals surface area contributed by atoms with E-state index in [0.29, 0.717) is 22.9 Å². The molecule has 0 aliphatic carbocycles. The van der Waals surface area contributed by atoms with Gasteiger partial charge in [-0.2, -0.15) is 0 Å². The molecular formula is C21H24N2O6. The standard InChI is InChI=1S/C21H24N2O6/c1-13-6-5-7-17(10-13)29-14(2)21(26)28-12-20(25)23-18-11-16(22-15(3)24)8-9-19(18)27-4/h5-11,14H,12H2,1-4H3,(H,22,24)(H,23,25)/t14-/m0/s1. The molecule has 8 heteroatoms. The van der Waals surface area contributed by atoms with Crippen molar-refractivity contribution in [3.05, 3.63) is 48.0 Å². The number of methoxy groups -OCH3 is 1. The summed E-state index contributed by atoms with van der Waals surface area (Å²) in [7, 11) is 1.45. The molecule has 0 aromatic heterocycles. The number of nitrogens with one attached hydrogen (secondary N) is 2. The molecule has 0 unspecified atom stereocenters. The molecule has 0 heterocycles. The van der Waals surface area contributed by atoms with Gasteiger partial charge in [-0.15, -0.1) is 0 Å². The summed E-state index contributed by atoms with van der Waals surface area (Å²) in [6.07, 6.45) is -0.873. The summed E-state index contributed by atoms with van der Waals surface area (Å²) in [6.45, 7) is 4.34. The van der Waals surface area contributed by atoms with Crippen molar-refractivity contribution in [1.29, 1.82) is 0 Å². The average molecular weight is 400 g/mol. The Labute approximate surface area is 169 Å². The van der Waals surface area contributed by atoms with Crippen molar-refractivity contribution in [2.45, 2.75) is 26.9 Å². The van der Waals surface area contributed by atoms with Crippen LogP contribution in [-0.4, -0.2) is 37.6 Å². The van der Waals surface area contributed by atoms with Gasteiger partial charge in [0.25, 0.3) is 5.91 Å². The maximum absolute atomic E-state index is 12.2. The largest absolute Gasteiger partial charge is 0.495 e. The number of anilines is 2. The van der Waals surface area contributed by atoms with Gasteiger partial charge in [0.2, 0.25) is 5.91 Å². The van der Waals surface area contributed by atoms with Crippen LogP contribution in [0.1, 0.15) is 19.4 Å². The Balaban J connectivity index is 1.91. The van der Waals surface area contributed by atoms with Gasteiger partial charge in [-0.05, 0) is 49.7 Å². The van der Waals surface area contributed by atoms with Gasteiger partial charge in [0.1, 0.15) is 11.5 Å². The number of hydrogen-bond donors (Lipinski definition) is 2. The normalized spacial score (nSPS) is 11.2. The minimum absolute atomic E-state index is 0.246. The van der Waals surface area contributed by atoms with Crippen molar-refractivity contribution in [3.63, 3.8) is 0 Å². The predicted octanol–water partition coefficient (Wildman–Crippen LogP) is 2.91. The molecule has 0 aliphatic heterocycles. The number of amides is 2. The highest BCUT2D eigenvalue weighted by Crippen LogP contribution is 2.27. The summed E-state index contributed by atoms with van der Waals surface area (Å²) < 4.78 is 15.7. The minimum Gasteiger partial charge on any atom is -0.495 e. The summed E-state index contributed by atoms with van der Waals surface area (Å²) in [5.41, 5.74) is 1.83. The number of esters is 1. The fraction of sp³-hybridized carbons (Fsp3) is 0.286. The molecule has 2 N–H and O–H groups in total. The van der Waals surface area contributed by atoms with Gasteiger partial charge < -0.3 is 24.8 Å². The molecule has 0 spiro atoms. The van der Waals surface area contributed by atoms with E-state index < -0.39 is 24.6 Å². The van der Waals surface area contributed by atoms with Crippen molar-refractivity contribution >= 4 is 29.2 Å². The summed E-state index contributed by atoms with van der Waals surface area (Å²) in [5.74, 6) is -0.530. The van der Waals surface area contributed by atoms with Crippen LogP contribution in [0.4, 0.5) is 11.4 Å². The van der Waals surface area contributed by atoms with Gasteiger partial charge in [-0.25, -0.2) is 4.79 Å². The molecule has 2 aromatic rings. The Morgan fingerprint density at radius 3 is 2.48 bits per heavy atom. The highest BCUT2D eigenvalue weighted by Gasteiger charge is 2.18. The molecule has 0 bridgehead atoms. The molecule has 8 nitrogen and oxygen atoms in total. The van der Waals surface area contributed by atoms with Crippen molar-refractivity contribution < 1.29 is 28.6 Å². The molecular weight excluding hydrogens is 376 g/mol. The molecule has 0 saturated carbocycles. The van der Waals surface area contributed by atoms with Crippen LogP contribution in [0.25, 0.3) is 0 Å². The van der Waals surface area contributed by atoms with Crippen LogP contribution in [0.3, 0.4) is 0 Å². The third-order valence-corrected chi connectivity index (χ3v) is 3.77. The monoisotopic (exact) mass is 400 g/mol. The average Bonchev–Trinajstić information content (AvgIpc) is 2.66. The van der Waals surface area contributed by atoms with Gasteiger partial charge in [-0.1, -0.05) is 12.1 Å². The van der Waals surface area contributed by atoms with Gasteiger partial charge >= 0.3 is 5.97 Å². The van der Waals surface area contributed by atoms with Crippen LogP contribution in [0.15, 0.2) is 42.5 Å². The molecule has 0 aliphatic rings. The Bertz CT molecular complexity index is 896. The van der Waals surface area contributed by atoms with Crippen LogP contribution in [-0.2, 0) is 19.1 Å². The zero-order chi connectivity index (χ0) is 21.4. The Morgan fingerprint density at radius 1 is 1.07 bits per heavy atom. The Morgan fingerprint density at radius 2 is 1.83 bits per heavy atom. The number of benzene rings is 2. The molecule has 2 rings (SSSR count). The summed E-state index contributed by atoms with van der Waals surface area (Å²) in [5, 5.41) is 5.21. The lowest BCUT2D eigenvalue weighted by Gasteiger charge is -2.15. The van der Waals surface area contributed by atoms with E-state index in [1.807, 2.05) is 19.1 Å². The first-order valence-electron chi connectivity index (χ1n) is 8.94. The first-order chi connectivity index (χ1) is 13.8. The van der Waals surface area contributed by atoms with Gasteiger partial charge in [-0.3, -0.25) is 9.59 Å². The van der Waals surface area contributed by atoms with E-state index in [9.17, 15) is 14.4 Å². The third-order valence-electron chi connectivity index (χ3n) is 3.77. The van der Waals surface area contributed by atoms with E-state index in [-0.39, 0.29) is 5.91 Å². The summed E-state index contributed by atoms with van der Waals surface area (Å²) in [4.78, 5) is 35.5. The highest BCUT2D eigenvalue weighted by molar-refractivity contribution is 5.96. The summed E-state index contributed by atoms with van der Waals surface area (Å²) in [6, 6.07) is 12.0. The van der Waals surface area contributed by atoms with E-state index in [1.54, 1.807) is 37.3 Å². The van der Waals surface area contributed by atoms with E-state index >= 15 is 0 Å². The second-order valence-electron chi connectivity index (χ2n) is 6.33. The SMILES string of the molecule is COc1ccc(NC(C)=O)cc1NC(=O)COC(=O)[C@H](C)Oc1cccc(C)c1.